The number of aromatic nitrogens is 3. The van der Waals surface area contributed by atoms with Crippen molar-refractivity contribution < 1.29 is 4.74 Å². The molecule has 0 fully saturated rings. The van der Waals surface area contributed by atoms with E-state index in [9.17, 15) is 0 Å². The summed E-state index contributed by atoms with van der Waals surface area (Å²) in [4.78, 5) is 12.8. The van der Waals surface area contributed by atoms with Crippen LogP contribution in [0.4, 0.5) is 0 Å². The molecule has 0 amide bonds. The second kappa shape index (κ2) is 5.96. The second-order valence-corrected chi connectivity index (χ2v) is 5.69. The second-order valence-electron chi connectivity index (χ2n) is 5.69. The number of nitrogens with zero attached hydrogens (tertiary/aromatic N) is 3. The molecule has 1 N–H and O–H groups in total. The third-order valence-electron chi connectivity index (χ3n) is 2.57. The van der Waals surface area contributed by atoms with Crippen molar-refractivity contribution in [1.29, 1.82) is 0 Å². The summed E-state index contributed by atoms with van der Waals surface area (Å²) >= 11 is 0. The zero-order chi connectivity index (χ0) is 14.6. The quantitative estimate of drug-likeness (QED) is 0.927. The first-order valence-electron chi connectivity index (χ1n) is 6.59. The maximum atomic E-state index is 5.64. The molecule has 0 spiro atoms. The zero-order valence-electron chi connectivity index (χ0n) is 12.3. The van der Waals surface area contributed by atoms with Crippen LogP contribution in [0.5, 0.6) is 11.6 Å². The largest absolute Gasteiger partial charge is 0.436 e. The Morgan fingerprint density at radius 2 is 1.95 bits per heavy atom. The minimum absolute atomic E-state index is 0.0411. The predicted octanol–water partition coefficient (Wildman–Crippen LogP) is 2.86. The van der Waals surface area contributed by atoms with Gasteiger partial charge in [0.2, 0.25) is 5.88 Å². The summed E-state index contributed by atoms with van der Waals surface area (Å²) in [5.74, 6) is 1.13. The average molecular weight is 272 g/mol. The molecule has 5 heteroatoms. The van der Waals surface area contributed by atoms with E-state index in [1.165, 1.54) is 0 Å². The topological polar surface area (TPSA) is 59.9 Å². The first-order valence-corrected chi connectivity index (χ1v) is 6.59. The highest BCUT2D eigenvalue weighted by Crippen LogP contribution is 2.17. The van der Waals surface area contributed by atoms with Gasteiger partial charge in [0.05, 0.1) is 18.1 Å². The summed E-state index contributed by atoms with van der Waals surface area (Å²) in [5, 5.41) is 3.37. The highest BCUT2D eigenvalue weighted by Gasteiger charge is 2.09. The van der Waals surface area contributed by atoms with Gasteiger partial charge in [0.1, 0.15) is 5.75 Å². The lowest BCUT2D eigenvalue weighted by Gasteiger charge is -2.20. The van der Waals surface area contributed by atoms with Gasteiger partial charge in [-0.05, 0) is 39.8 Å². The summed E-state index contributed by atoms with van der Waals surface area (Å²) in [7, 11) is 0. The van der Waals surface area contributed by atoms with Crippen molar-refractivity contribution >= 4 is 0 Å². The molecule has 0 radical (unpaired) electrons. The molecular formula is C15H20N4O. The van der Waals surface area contributed by atoms with Crippen LogP contribution < -0.4 is 10.1 Å². The summed E-state index contributed by atoms with van der Waals surface area (Å²) < 4.78 is 5.64. The van der Waals surface area contributed by atoms with Gasteiger partial charge >= 0.3 is 0 Å². The Bertz CT molecular complexity index is 561. The highest BCUT2D eigenvalue weighted by atomic mass is 16.5. The van der Waals surface area contributed by atoms with Crippen molar-refractivity contribution in [2.75, 3.05) is 0 Å². The van der Waals surface area contributed by atoms with Gasteiger partial charge in [-0.3, -0.25) is 9.97 Å². The van der Waals surface area contributed by atoms with E-state index in [1.807, 2.05) is 19.1 Å². The van der Waals surface area contributed by atoms with Crippen LogP contribution in [0.1, 0.15) is 32.2 Å². The van der Waals surface area contributed by atoms with Gasteiger partial charge in [-0.2, -0.15) is 0 Å². The van der Waals surface area contributed by atoms with Gasteiger partial charge in [-0.1, -0.05) is 0 Å². The molecule has 0 aromatic carbocycles. The van der Waals surface area contributed by atoms with E-state index in [4.69, 9.17) is 4.74 Å². The lowest BCUT2D eigenvalue weighted by molar-refractivity contribution is 0.414. The number of nitrogens with one attached hydrogen (secondary N) is 1. The molecule has 0 atom stereocenters. The molecule has 20 heavy (non-hydrogen) atoms. The molecular weight excluding hydrogens is 252 g/mol. The minimum atomic E-state index is 0.0411. The normalized spacial score (nSPS) is 11.4. The molecule has 2 rings (SSSR count). The Labute approximate surface area is 119 Å². The molecule has 0 unspecified atom stereocenters. The zero-order valence-corrected chi connectivity index (χ0v) is 12.3. The average Bonchev–Trinajstić information content (AvgIpc) is 2.39. The van der Waals surface area contributed by atoms with Crippen LogP contribution in [0.2, 0.25) is 0 Å². The number of hydrogen-bond acceptors (Lipinski definition) is 5. The van der Waals surface area contributed by atoms with E-state index in [0.29, 0.717) is 18.2 Å². The first-order chi connectivity index (χ1) is 9.42. The van der Waals surface area contributed by atoms with Crippen molar-refractivity contribution in [3.8, 4) is 11.6 Å². The lowest BCUT2D eigenvalue weighted by Crippen LogP contribution is -2.35. The van der Waals surface area contributed by atoms with Crippen molar-refractivity contribution in [3.05, 3.63) is 42.1 Å². The third kappa shape index (κ3) is 4.59. The van der Waals surface area contributed by atoms with E-state index >= 15 is 0 Å². The van der Waals surface area contributed by atoms with E-state index in [2.05, 4.69) is 41.0 Å². The smallest absolute Gasteiger partial charge is 0.238 e. The lowest BCUT2D eigenvalue weighted by atomic mass is 10.1. The van der Waals surface area contributed by atoms with Crippen molar-refractivity contribution in [2.24, 2.45) is 0 Å². The Hall–Kier alpha value is -2.01. The number of ether oxygens (including phenoxy) is 1. The minimum Gasteiger partial charge on any atom is -0.436 e. The van der Waals surface area contributed by atoms with Crippen LogP contribution in [0.15, 0.2) is 30.7 Å². The van der Waals surface area contributed by atoms with E-state index in [-0.39, 0.29) is 5.54 Å². The van der Waals surface area contributed by atoms with Gasteiger partial charge in [0.25, 0.3) is 0 Å². The molecule has 0 aliphatic carbocycles. The molecule has 0 bridgehead atoms. The van der Waals surface area contributed by atoms with Crippen LogP contribution in [-0.4, -0.2) is 20.5 Å². The number of rotatable bonds is 4. The SMILES string of the molecule is Cc1ccc(Oc2cncc(CNC(C)(C)C)n2)cn1. The number of hydrogen-bond donors (Lipinski definition) is 1. The molecule has 0 aliphatic rings. The van der Waals surface area contributed by atoms with Crippen molar-refractivity contribution in [1.82, 2.24) is 20.3 Å². The van der Waals surface area contributed by atoms with Crippen LogP contribution >= 0.6 is 0 Å². The summed E-state index contributed by atoms with van der Waals surface area (Å²) in [6.45, 7) is 8.92. The highest BCUT2D eigenvalue weighted by molar-refractivity contribution is 5.24. The van der Waals surface area contributed by atoms with Gasteiger partial charge in [0.15, 0.2) is 0 Å². The molecule has 0 aliphatic heterocycles. The molecule has 2 aromatic rings. The molecule has 2 heterocycles. The first kappa shape index (κ1) is 14.4. The van der Waals surface area contributed by atoms with E-state index < -0.39 is 0 Å². The summed E-state index contributed by atoms with van der Waals surface area (Å²) in [6, 6.07) is 3.76. The molecule has 106 valence electrons. The van der Waals surface area contributed by atoms with Crippen LogP contribution in [0.3, 0.4) is 0 Å². The van der Waals surface area contributed by atoms with E-state index in [1.54, 1.807) is 18.6 Å². The Kier molecular flexibility index (Phi) is 4.29. The number of aryl methyl sites for hydroxylation is 1. The number of pyridine rings is 1. The van der Waals surface area contributed by atoms with Gasteiger partial charge in [0, 0.05) is 24.0 Å². The fourth-order valence-electron chi connectivity index (χ4n) is 1.51. The fraction of sp³-hybridized carbons (Fsp3) is 0.400. The standard InChI is InChI=1S/C15H20N4O/c1-11-5-6-13(9-17-11)20-14-10-16-7-12(19-14)8-18-15(2,3)4/h5-7,9-10,18H,8H2,1-4H3. The van der Waals surface area contributed by atoms with Crippen LogP contribution in [0, 0.1) is 6.92 Å². The Balaban J connectivity index is 2.04. The van der Waals surface area contributed by atoms with Gasteiger partial charge in [-0.25, -0.2) is 4.98 Å². The summed E-state index contributed by atoms with van der Waals surface area (Å²) in [6.07, 6.45) is 5.01. The fourth-order valence-corrected chi connectivity index (χ4v) is 1.51. The Morgan fingerprint density at radius 3 is 2.60 bits per heavy atom. The maximum Gasteiger partial charge on any atom is 0.238 e. The predicted molar refractivity (Wildman–Crippen MR) is 77.7 cm³/mol. The van der Waals surface area contributed by atoms with Gasteiger partial charge in [-0.15, -0.1) is 0 Å². The molecule has 0 saturated heterocycles. The molecule has 5 nitrogen and oxygen atoms in total. The Morgan fingerprint density at radius 1 is 1.15 bits per heavy atom. The van der Waals surface area contributed by atoms with Crippen LogP contribution in [-0.2, 0) is 6.54 Å². The van der Waals surface area contributed by atoms with Crippen LogP contribution in [0.25, 0.3) is 0 Å². The molecule has 0 saturated carbocycles. The third-order valence-corrected chi connectivity index (χ3v) is 2.57. The van der Waals surface area contributed by atoms with E-state index in [0.717, 1.165) is 11.4 Å². The summed E-state index contributed by atoms with van der Waals surface area (Å²) in [5.41, 5.74) is 1.84. The monoisotopic (exact) mass is 272 g/mol. The van der Waals surface area contributed by atoms with Crippen molar-refractivity contribution in [3.63, 3.8) is 0 Å². The van der Waals surface area contributed by atoms with Gasteiger partial charge < -0.3 is 10.1 Å². The maximum absolute atomic E-state index is 5.64. The molecule has 2 aromatic heterocycles. The van der Waals surface area contributed by atoms with Crippen molar-refractivity contribution in [2.45, 2.75) is 39.8 Å².